The zero-order valence-electron chi connectivity index (χ0n) is 9.66. The van der Waals surface area contributed by atoms with E-state index >= 15 is 0 Å². The summed E-state index contributed by atoms with van der Waals surface area (Å²) in [7, 11) is 0. The van der Waals surface area contributed by atoms with E-state index < -0.39 is 11.6 Å². The van der Waals surface area contributed by atoms with E-state index in [-0.39, 0.29) is 17.2 Å². The molecule has 19 heavy (non-hydrogen) atoms. The Morgan fingerprint density at radius 1 is 1.21 bits per heavy atom. The number of nitriles is 1. The molecule has 5 heteroatoms. The molecule has 0 aliphatic heterocycles. The van der Waals surface area contributed by atoms with Gasteiger partial charge >= 0.3 is 0 Å². The van der Waals surface area contributed by atoms with Crippen LogP contribution in [0.2, 0.25) is 5.02 Å². The fraction of sp³-hybridized carbons (Fsp3) is 0.0714. The van der Waals surface area contributed by atoms with Gasteiger partial charge in [0.25, 0.3) is 0 Å². The van der Waals surface area contributed by atoms with Gasteiger partial charge in [0.05, 0.1) is 10.6 Å². The summed E-state index contributed by atoms with van der Waals surface area (Å²) in [6, 6.07) is 10.3. The minimum atomic E-state index is -0.928. The summed E-state index contributed by atoms with van der Waals surface area (Å²) in [5, 5.41) is 8.97. The fourth-order valence-corrected chi connectivity index (χ4v) is 1.71. The van der Waals surface area contributed by atoms with Crippen LogP contribution in [0.4, 0.5) is 8.78 Å². The van der Waals surface area contributed by atoms with E-state index in [9.17, 15) is 8.78 Å². The van der Waals surface area contributed by atoms with Crippen molar-refractivity contribution in [3.63, 3.8) is 0 Å². The number of ether oxygens (including phenoxy) is 1. The van der Waals surface area contributed by atoms with Crippen molar-refractivity contribution in [2.75, 3.05) is 0 Å². The first kappa shape index (κ1) is 13.3. The third-order valence-electron chi connectivity index (χ3n) is 2.49. The summed E-state index contributed by atoms with van der Waals surface area (Å²) < 4.78 is 31.7. The molecule has 2 aromatic carbocycles. The average molecular weight is 280 g/mol. The van der Waals surface area contributed by atoms with Crippen molar-refractivity contribution in [3.8, 4) is 11.8 Å². The molecule has 0 saturated heterocycles. The standard InChI is InChI=1S/C14H8ClF2NO/c15-12-6-11(5-4-9(12)7-18)19-8-10-2-1-3-13(16)14(10)17/h1-6H,8H2. The molecule has 0 aromatic heterocycles. The third kappa shape index (κ3) is 3.01. The van der Waals surface area contributed by atoms with Gasteiger partial charge in [0.1, 0.15) is 18.4 Å². The molecule has 0 spiro atoms. The van der Waals surface area contributed by atoms with Crippen LogP contribution < -0.4 is 4.74 Å². The molecule has 0 atom stereocenters. The molecular formula is C14H8ClF2NO. The molecule has 0 aliphatic rings. The lowest BCUT2D eigenvalue weighted by Gasteiger charge is -2.08. The topological polar surface area (TPSA) is 33.0 Å². The van der Waals surface area contributed by atoms with Crippen LogP contribution in [-0.2, 0) is 6.61 Å². The third-order valence-corrected chi connectivity index (χ3v) is 2.80. The lowest BCUT2D eigenvalue weighted by Crippen LogP contribution is -2.00. The Kier molecular flexibility index (Phi) is 3.98. The summed E-state index contributed by atoms with van der Waals surface area (Å²) in [6.07, 6.45) is 0. The van der Waals surface area contributed by atoms with Crippen molar-refractivity contribution in [1.82, 2.24) is 0 Å². The monoisotopic (exact) mass is 279 g/mol. The quantitative estimate of drug-likeness (QED) is 0.848. The van der Waals surface area contributed by atoms with Crippen LogP contribution >= 0.6 is 11.6 Å². The highest BCUT2D eigenvalue weighted by molar-refractivity contribution is 6.31. The maximum absolute atomic E-state index is 13.4. The molecule has 0 bridgehead atoms. The Morgan fingerprint density at radius 3 is 2.68 bits per heavy atom. The predicted octanol–water partition coefficient (Wildman–Crippen LogP) is 4.07. The van der Waals surface area contributed by atoms with Gasteiger partial charge in [-0.3, -0.25) is 0 Å². The van der Waals surface area contributed by atoms with E-state index in [2.05, 4.69) is 0 Å². The smallest absolute Gasteiger partial charge is 0.165 e. The highest BCUT2D eigenvalue weighted by Crippen LogP contribution is 2.23. The van der Waals surface area contributed by atoms with Crippen molar-refractivity contribution >= 4 is 11.6 Å². The van der Waals surface area contributed by atoms with Crippen LogP contribution in [0.1, 0.15) is 11.1 Å². The van der Waals surface area contributed by atoms with Gasteiger partial charge in [-0.15, -0.1) is 0 Å². The molecule has 0 radical (unpaired) electrons. The molecule has 0 saturated carbocycles. The molecule has 2 nitrogen and oxygen atoms in total. The molecule has 0 heterocycles. The van der Waals surface area contributed by atoms with E-state index in [1.54, 1.807) is 6.07 Å². The molecular weight excluding hydrogens is 272 g/mol. The second kappa shape index (κ2) is 5.68. The number of nitrogens with zero attached hydrogens (tertiary/aromatic N) is 1. The van der Waals surface area contributed by atoms with Crippen molar-refractivity contribution in [3.05, 3.63) is 64.2 Å². The van der Waals surface area contributed by atoms with Gasteiger partial charge in [-0.1, -0.05) is 23.7 Å². The predicted molar refractivity (Wildman–Crippen MR) is 66.9 cm³/mol. The highest BCUT2D eigenvalue weighted by atomic mass is 35.5. The van der Waals surface area contributed by atoms with Crippen LogP contribution in [0.5, 0.6) is 5.75 Å². The zero-order valence-corrected chi connectivity index (χ0v) is 10.4. The number of halogens is 3. The summed E-state index contributed by atoms with van der Waals surface area (Å²) in [5.41, 5.74) is 0.437. The Bertz CT molecular complexity index is 652. The SMILES string of the molecule is N#Cc1ccc(OCc2cccc(F)c2F)cc1Cl. The van der Waals surface area contributed by atoms with Crippen molar-refractivity contribution < 1.29 is 13.5 Å². The van der Waals surface area contributed by atoms with Gasteiger partial charge in [-0.05, 0) is 18.2 Å². The lowest BCUT2D eigenvalue weighted by molar-refractivity contribution is 0.297. The molecule has 0 unspecified atom stereocenters. The Morgan fingerprint density at radius 2 is 2.00 bits per heavy atom. The van der Waals surface area contributed by atoms with E-state index in [1.807, 2.05) is 6.07 Å². The van der Waals surface area contributed by atoms with E-state index in [1.165, 1.54) is 24.3 Å². The van der Waals surface area contributed by atoms with E-state index in [0.717, 1.165) is 6.07 Å². The number of hydrogen-bond acceptors (Lipinski definition) is 2. The summed E-state index contributed by atoms with van der Waals surface area (Å²) in [4.78, 5) is 0. The van der Waals surface area contributed by atoms with Crippen LogP contribution in [0.25, 0.3) is 0 Å². The molecule has 0 fully saturated rings. The first-order valence-electron chi connectivity index (χ1n) is 5.37. The minimum Gasteiger partial charge on any atom is -0.489 e. The van der Waals surface area contributed by atoms with E-state index in [0.29, 0.717) is 11.3 Å². The molecule has 2 aromatic rings. The molecule has 0 N–H and O–H groups in total. The minimum absolute atomic E-state index is 0.112. The molecule has 0 aliphatic carbocycles. The Balaban J connectivity index is 2.13. The maximum Gasteiger partial charge on any atom is 0.165 e. The summed E-state index contributed by atoms with van der Waals surface area (Å²) >= 11 is 5.83. The summed E-state index contributed by atoms with van der Waals surface area (Å²) in [5.74, 6) is -1.46. The average Bonchev–Trinajstić information content (AvgIpc) is 2.40. The maximum atomic E-state index is 13.4. The van der Waals surface area contributed by atoms with Gasteiger partial charge in [0.15, 0.2) is 11.6 Å². The van der Waals surface area contributed by atoms with Crippen molar-refractivity contribution in [2.45, 2.75) is 6.61 Å². The van der Waals surface area contributed by atoms with Gasteiger partial charge < -0.3 is 4.74 Å². The largest absolute Gasteiger partial charge is 0.489 e. The normalized spacial score (nSPS) is 10.0. The second-order valence-corrected chi connectivity index (χ2v) is 4.16. The Labute approximate surface area is 113 Å². The fourth-order valence-electron chi connectivity index (χ4n) is 1.50. The van der Waals surface area contributed by atoms with Crippen LogP contribution in [0, 0.1) is 23.0 Å². The molecule has 96 valence electrons. The van der Waals surface area contributed by atoms with Crippen LogP contribution in [0.15, 0.2) is 36.4 Å². The van der Waals surface area contributed by atoms with Crippen molar-refractivity contribution in [2.24, 2.45) is 0 Å². The lowest BCUT2D eigenvalue weighted by atomic mass is 10.2. The summed E-state index contributed by atoms with van der Waals surface area (Å²) in [6.45, 7) is -0.119. The number of benzene rings is 2. The van der Waals surface area contributed by atoms with E-state index in [4.69, 9.17) is 21.6 Å². The number of hydrogen-bond donors (Lipinski definition) is 0. The van der Waals surface area contributed by atoms with Gasteiger partial charge in [0.2, 0.25) is 0 Å². The van der Waals surface area contributed by atoms with Gasteiger partial charge in [-0.25, -0.2) is 8.78 Å². The first-order valence-corrected chi connectivity index (χ1v) is 5.75. The van der Waals surface area contributed by atoms with Crippen LogP contribution in [0.3, 0.4) is 0 Å². The highest BCUT2D eigenvalue weighted by Gasteiger charge is 2.08. The van der Waals surface area contributed by atoms with Gasteiger partial charge in [-0.2, -0.15) is 5.26 Å². The number of rotatable bonds is 3. The molecule has 2 rings (SSSR count). The second-order valence-electron chi connectivity index (χ2n) is 3.76. The zero-order chi connectivity index (χ0) is 13.8. The van der Waals surface area contributed by atoms with Gasteiger partial charge in [0, 0.05) is 11.6 Å². The first-order chi connectivity index (χ1) is 9.11. The van der Waals surface area contributed by atoms with Crippen LogP contribution in [-0.4, -0.2) is 0 Å². The molecule has 0 amide bonds. The van der Waals surface area contributed by atoms with Crippen molar-refractivity contribution in [1.29, 1.82) is 5.26 Å². The Hall–Kier alpha value is -2.12.